The van der Waals surface area contributed by atoms with Gasteiger partial charge in [0.1, 0.15) is 5.60 Å². The average molecular weight is 465 g/mol. The molecule has 3 rings (SSSR count). The smallest absolute Gasteiger partial charge is 0.411 e. The van der Waals surface area contributed by atoms with Crippen molar-refractivity contribution in [2.45, 2.75) is 44.9 Å². The fraction of sp³-hybridized carbons (Fsp3) is 0.370. The highest BCUT2D eigenvalue weighted by atomic mass is 16.6. The zero-order valence-corrected chi connectivity index (χ0v) is 20.0. The highest BCUT2D eigenvalue weighted by molar-refractivity contribution is 6.08. The molecule has 0 aromatic heterocycles. The molecule has 1 atom stereocenters. The number of nitrogens with zero attached hydrogens (tertiary/aromatic N) is 2. The van der Waals surface area contributed by atoms with Gasteiger partial charge in [0.25, 0.3) is 11.8 Å². The summed E-state index contributed by atoms with van der Waals surface area (Å²) in [4.78, 5) is 42.9. The molecule has 3 amide bonds. The predicted octanol–water partition coefficient (Wildman–Crippen LogP) is 4.44. The molecular formula is C27H32N2O5. The number of hydrogen-bond acceptors (Lipinski definition) is 5. The average Bonchev–Trinajstić information content (AvgIpc) is 2.80. The van der Waals surface area contributed by atoms with Crippen LogP contribution in [0.4, 0.5) is 4.79 Å². The van der Waals surface area contributed by atoms with Crippen molar-refractivity contribution < 1.29 is 23.9 Å². The SMILES string of the molecule is C=CC[C@@]1(COCc2ccccc2)C(=O)N(C(=O)c2ccccc2)CCN1C(=O)OC(C)(C)C. The van der Waals surface area contributed by atoms with E-state index in [2.05, 4.69) is 6.58 Å². The van der Waals surface area contributed by atoms with Gasteiger partial charge in [-0.3, -0.25) is 19.4 Å². The molecule has 34 heavy (non-hydrogen) atoms. The van der Waals surface area contributed by atoms with Crippen molar-refractivity contribution in [3.05, 3.63) is 84.4 Å². The summed E-state index contributed by atoms with van der Waals surface area (Å²) in [6.07, 6.45) is 1.05. The topological polar surface area (TPSA) is 76.2 Å². The zero-order chi connectivity index (χ0) is 24.8. The first-order chi connectivity index (χ1) is 16.2. The predicted molar refractivity (Wildman–Crippen MR) is 129 cm³/mol. The van der Waals surface area contributed by atoms with Crippen LogP contribution in [0.15, 0.2) is 73.3 Å². The summed E-state index contributed by atoms with van der Waals surface area (Å²) in [6, 6.07) is 18.2. The first kappa shape index (κ1) is 25.2. The van der Waals surface area contributed by atoms with E-state index in [1.165, 1.54) is 9.80 Å². The van der Waals surface area contributed by atoms with Crippen LogP contribution in [0.5, 0.6) is 0 Å². The van der Waals surface area contributed by atoms with Gasteiger partial charge in [-0.2, -0.15) is 0 Å². The van der Waals surface area contributed by atoms with Crippen molar-refractivity contribution in [2.24, 2.45) is 0 Å². The third-order valence-electron chi connectivity index (χ3n) is 5.52. The lowest BCUT2D eigenvalue weighted by Gasteiger charge is -2.48. The van der Waals surface area contributed by atoms with Gasteiger partial charge < -0.3 is 9.47 Å². The van der Waals surface area contributed by atoms with Gasteiger partial charge in [0.15, 0.2) is 5.54 Å². The number of ether oxygens (including phenoxy) is 2. The Balaban J connectivity index is 1.94. The van der Waals surface area contributed by atoms with Gasteiger partial charge in [-0.25, -0.2) is 4.79 Å². The molecule has 1 heterocycles. The highest BCUT2D eigenvalue weighted by Gasteiger charge is 2.53. The van der Waals surface area contributed by atoms with E-state index in [1.54, 1.807) is 57.2 Å². The Morgan fingerprint density at radius 2 is 1.65 bits per heavy atom. The minimum absolute atomic E-state index is 0.0589. The van der Waals surface area contributed by atoms with Crippen molar-refractivity contribution in [2.75, 3.05) is 19.7 Å². The number of benzene rings is 2. The van der Waals surface area contributed by atoms with Gasteiger partial charge in [0, 0.05) is 18.7 Å². The van der Waals surface area contributed by atoms with Gasteiger partial charge in [-0.15, -0.1) is 6.58 Å². The van der Waals surface area contributed by atoms with Gasteiger partial charge in [0.2, 0.25) is 0 Å². The molecule has 180 valence electrons. The van der Waals surface area contributed by atoms with Crippen LogP contribution in [0.3, 0.4) is 0 Å². The lowest BCUT2D eigenvalue weighted by molar-refractivity contribution is -0.153. The first-order valence-corrected chi connectivity index (χ1v) is 11.3. The molecule has 0 spiro atoms. The third-order valence-corrected chi connectivity index (χ3v) is 5.52. The Hall–Kier alpha value is -3.45. The van der Waals surface area contributed by atoms with E-state index in [9.17, 15) is 14.4 Å². The number of carbonyl (C=O) groups excluding carboxylic acids is 3. The molecule has 2 aromatic carbocycles. The van der Waals surface area contributed by atoms with Gasteiger partial charge in [-0.1, -0.05) is 54.6 Å². The van der Waals surface area contributed by atoms with Crippen LogP contribution in [0, 0.1) is 0 Å². The molecule has 1 aliphatic heterocycles. The number of hydrogen-bond donors (Lipinski definition) is 0. The third kappa shape index (κ3) is 5.72. The molecule has 0 saturated carbocycles. The van der Waals surface area contributed by atoms with Gasteiger partial charge in [0.05, 0.1) is 13.2 Å². The summed E-state index contributed by atoms with van der Waals surface area (Å²) in [6.45, 7) is 9.44. The maximum Gasteiger partial charge on any atom is 0.411 e. The molecule has 7 nitrogen and oxygen atoms in total. The van der Waals surface area contributed by atoms with E-state index in [1.807, 2.05) is 30.3 Å². The van der Waals surface area contributed by atoms with Crippen LogP contribution >= 0.6 is 0 Å². The number of amides is 3. The summed E-state index contributed by atoms with van der Waals surface area (Å²) in [7, 11) is 0. The van der Waals surface area contributed by atoms with Crippen molar-refractivity contribution in [3.8, 4) is 0 Å². The molecule has 0 unspecified atom stereocenters. The maximum atomic E-state index is 13.9. The van der Waals surface area contributed by atoms with Crippen LogP contribution in [0.25, 0.3) is 0 Å². The molecule has 0 bridgehead atoms. The monoisotopic (exact) mass is 464 g/mol. The van der Waals surface area contributed by atoms with Gasteiger partial charge in [-0.05, 0) is 44.9 Å². The van der Waals surface area contributed by atoms with Crippen molar-refractivity contribution >= 4 is 17.9 Å². The second-order valence-electron chi connectivity index (χ2n) is 9.26. The van der Waals surface area contributed by atoms with Gasteiger partial charge >= 0.3 is 6.09 Å². The Bertz CT molecular complexity index is 1020. The quantitative estimate of drug-likeness (QED) is 0.447. The Labute approximate surface area is 200 Å². The lowest BCUT2D eigenvalue weighted by Crippen LogP contribution is -2.70. The van der Waals surface area contributed by atoms with Crippen molar-refractivity contribution in [3.63, 3.8) is 0 Å². The van der Waals surface area contributed by atoms with Crippen LogP contribution in [0.1, 0.15) is 43.1 Å². The highest BCUT2D eigenvalue weighted by Crippen LogP contribution is 2.31. The molecular weight excluding hydrogens is 432 g/mol. The van der Waals surface area contributed by atoms with Crippen LogP contribution in [-0.2, 0) is 20.9 Å². The molecule has 1 aliphatic rings. The second kappa shape index (κ2) is 10.7. The number of rotatable bonds is 7. The lowest BCUT2D eigenvalue weighted by atomic mass is 9.89. The largest absolute Gasteiger partial charge is 0.444 e. The zero-order valence-electron chi connectivity index (χ0n) is 20.0. The first-order valence-electron chi connectivity index (χ1n) is 11.3. The fourth-order valence-corrected chi connectivity index (χ4v) is 3.94. The maximum absolute atomic E-state index is 13.9. The normalized spacial score (nSPS) is 18.5. The Morgan fingerprint density at radius 3 is 2.24 bits per heavy atom. The molecule has 0 N–H and O–H groups in total. The van der Waals surface area contributed by atoms with E-state index < -0.39 is 29.0 Å². The number of imide groups is 1. The second-order valence-corrected chi connectivity index (χ2v) is 9.26. The van der Waals surface area contributed by atoms with E-state index in [0.29, 0.717) is 5.56 Å². The molecule has 1 saturated heterocycles. The standard InChI is InChI=1S/C27H32N2O5/c1-5-16-27(20-33-19-21-12-8-6-9-13-21)24(31)28(23(30)22-14-10-7-11-15-22)17-18-29(27)25(32)34-26(2,3)4/h5-15H,1,16-20H2,2-4H3/t27-/m1/s1. The minimum atomic E-state index is -1.46. The Kier molecular flexibility index (Phi) is 7.89. The fourth-order valence-electron chi connectivity index (χ4n) is 3.94. The molecule has 2 aromatic rings. The summed E-state index contributed by atoms with van der Waals surface area (Å²) in [5.41, 5.74) is -0.872. The summed E-state index contributed by atoms with van der Waals surface area (Å²) in [5, 5.41) is 0. The summed E-state index contributed by atoms with van der Waals surface area (Å²) >= 11 is 0. The van der Waals surface area contributed by atoms with Crippen LogP contribution in [-0.4, -0.2) is 58.5 Å². The summed E-state index contributed by atoms with van der Waals surface area (Å²) < 4.78 is 11.6. The molecule has 0 aliphatic carbocycles. The van der Waals surface area contributed by atoms with Crippen molar-refractivity contribution in [1.29, 1.82) is 0 Å². The Morgan fingerprint density at radius 1 is 1.03 bits per heavy atom. The van der Waals surface area contributed by atoms with Crippen molar-refractivity contribution in [1.82, 2.24) is 9.80 Å². The van der Waals surface area contributed by atoms with E-state index in [4.69, 9.17) is 9.47 Å². The summed E-state index contributed by atoms with van der Waals surface area (Å²) in [5.74, 6) is -0.919. The number of piperazine rings is 1. The van der Waals surface area contributed by atoms with Crippen LogP contribution in [0.2, 0.25) is 0 Å². The van der Waals surface area contributed by atoms with Crippen LogP contribution < -0.4 is 0 Å². The van der Waals surface area contributed by atoms with E-state index in [0.717, 1.165) is 5.56 Å². The molecule has 7 heteroatoms. The number of carbonyl (C=O) groups is 3. The molecule has 1 fully saturated rings. The van der Waals surface area contributed by atoms with E-state index >= 15 is 0 Å². The minimum Gasteiger partial charge on any atom is -0.444 e. The van der Waals surface area contributed by atoms with E-state index in [-0.39, 0.29) is 32.7 Å². The molecule has 0 radical (unpaired) electrons.